The van der Waals surface area contributed by atoms with Crippen molar-refractivity contribution in [2.24, 2.45) is 7.05 Å². The zero-order chi connectivity index (χ0) is 16.9. The van der Waals surface area contributed by atoms with Gasteiger partial charge in [0.05, 0.1) is 24.1 Å². The molecular weight excluding hydrogens is 308 g/mol. The molecule has 1 aliphatic rings. The molecule has 0 aromatic carbocycles. The van der Waals surface area contributed by atoms with Gasteiger partial charge in [0.2, 0.25) is 5.82 Å². The summed E-state index contributed by atoms with van der Waals surface area (Å²) in [6.07, 6.45) is 1.87. The number of morpholine rings is 1. The summed E-state index contributed by atoms with van der Waals surface area (Å²) < 4.78 is 7.32. The summed E-state index contributed by atoms with van der Waals surface area (Å²) >= 11 is 0. The van der Waals surface area contributed by atoms with E-state index in [4.69, 9.17) is 10.00 Å². The Morgan fingerprint density at radius 3 is 3.04 bits per heavy atom. The summed E-state index contributed by atoms with van der Waals surface area (Å²) in [4.78, 5) is 4.17. The van der Waals surface area contributed by atoms with Crippen LogP contribution in [0.15, 0.2) is 12.3 Å². The normalized spacial score (nSPS) is 17.3. The maximum absolute atomic E-state index is 8.96. The molecule has 1 aliphatic heterocycles. The Morgan fingerprint density at radius 1 is 1.46 bits per heavy atom. The highest BCUT2D eigenvalue weighted by Gasteiger charge is 2.14. The average Bonchev–Trinajstić information content (AvgIpc) is 2.95. The fourth-order valence-electron chi connectivity index (χ4n) is 2.43. The van der Waals surface area contributed by atoms with E-state index in [2.05, 4.69) is 31.1 Å². The highest BCUT2D eigenvalue weighted by molar-refractivity contribution is 5.59. The molecule has 0 amide bonds. The number of ether oxygens (including phenoxy) is 1. The number of nitriles is 1. The van der Waals surface area contributed by atoms with Gasteiger partial charge in [0.15, 0.2) is 11.6 Å². The van der Waals surface area contributed by atoms with Crippen molar-refractivity contribution in [2.75, 3.05) is 36.9 Å². The molecule has 1 saturated heterocycles. The molecule has 0 bridgehead atoms. The first kappa shape index (κ1) is 16.2. The van der Waals surface area contributed by atoms with Gasteiger partial charge < -0.3 is 25.3 Å². The lowest BCUT2D eigenvalue weighted by Crippen LogP contribution is -2.42. The van der Waals surface area contributed by atoms with Gasteiger partial charge in [0, 0.05) is 38.9 Å². The summed E-state index contributed by atoms with van der Waals surface area (Å²) in [7, 11) is 1.77. The van der Waals surface area contributed by atoms with Crippen LogP contribution in [0.1, 0.15) is 11.5 Å². The Kier molecular flexibility index (Phi) is 4.88. The number of hydrogen-bond acceptors (Lipinski definition) is 8. The van der Waals surface area contributed by atoms with Gasteiger partial charge in [-0.1, -0.05) is 0 Å². The van der Waals surface area contributed by atoms with Crippen LogP contribution >= 0.6 is 0 Å². The SMILES string of the molecule is Cc1nnc(Nc2cn(C)c(C#N)n2)cc1NCC1CNCCO1. The molecule has 2 aromatic heterocycles. The molecule has 2 aromatic rings. The van der Waals surface area contributed by atoms with Gasteiger partial charge in [0.25, 0.3) is 0 Å². The molecule has 0 spiro atoms. The molecule has 0 radical (unpaired) electrons. The van der Waals surface area contributed by atoms with Gasteiger partial charge in [-0.15, -0.1) is 5.10 Å². The standard InChI is InChI=1S/C15H20N8O/c1-10-12(18-8-11-7-17-3-4-24-11)5-13(22-21-10)19-14-9-23(2)15(6-16)20-14/h5,9,11,17H,3-4,7-8H2,1-2H3,(H2,18,19,22). The maximum Gasteiger partial charge on any atom is 0.214 e. The molecule has 3 rings (SSSR count). The van der Waals surface area contributed by atoms with Crippen LogP contribution in [0.4, 0.5) is 17.3 Å². The zero-order valence-electron chi connectivity index (χ0n) is 13.7. The second-order valence-electron chi connectivity index (χ2n) is 5.60. The number of imidazole rings is 1. The van der Waals surface area contributed by atoms with Crippen molar-refractivity contribution in [2.45, 2.75) is 13.0 Å². The lowest BCUT2D eigenvalue weighted by Gasteiger charge is -2.24. The molecule has 3 N–H and O–H groups in total. The monoisotopic (exact) mass is 328 g/mol. The van der Waals surface area contributed by atoms with Crippen LogP contribution in [-0.2, 0) is 11.8 Å². The molecule has 3 heterocycles. The zero-order valence-corrected chi connectivity index (χ0v) is 13.7. The van der Waals surface area contributed by atoms with Crippen molar-refractivity contribution in [1.82, 2.24) is 25.1 Å². The summed E-state index contributed by atoms with van der Waals surface area (Å²) in [5, 5.41) is 26.9. The van der Waals surface area contributed by atoms with Crippen LogP contribution in [0, 0.1) is 18.3 Å². The van der Waals surface area contributed by atoms with Crippen LogP contribution in [0.25, 0.3) is 0 Å². The topological polar surface area (TPSA) is 113 Å². The Balaban J connectivity index is 1.67. The van der Waals surface area contributed by atoms with Crippen molar-refractivity contribution in [1.29, 1.82) is 5.26 Å². The van der Waals surface area contributed by atoms with Crippen molar-refractivity contribution in [3.05, 3.63) is 23.8 Å². The maximum atomic E-state index is 8.96. The van der Waals surface area contributed by atoms with Crippen molar-refractivity contribution < 1.29 is 4.74 Å². The molecular formula is C15H20N8O. The van der Waals surface area contributed by atoms with Gasteiger partial charge in [-0.05, 0) is 6.92 Å². The Bertz CT molecular complexity index is 744. The Labute approximate surface area is 140 Å². The van der Waals surface area contributed by atoms with E-state index in [9.17, 15) is 0 Å². The number of aryl methyl sites for hydroxylation is 2. The van der Waals surface area contributed by atoms with Crippen molar-refractivity contribution >= 4 is 17.3 Å². The highest BCUT2D eigenvalue weighted by atomic mass is 16.5. The first-order valence-corrected chi connectivity index (χ1v) is 7.76. The average molecular weight is 328 g/mol. The minimum absolute atomic E-state index is 0.136. The van der Waals surface area contributed by atoms with Gasteiger partial charge in [-0.3, -0.25) is 0 Å². The third kappa shape index (κ3) is 3.79. The molecule has 1 fully saturated rings. The summed E-state index contributed by atoms with van der Waals surface area (Å²) in [5.41, 5.74) is 1.70. The van der Waals surface area contributed by atoms with E-state index in [1.54, 1.807) is 17.8 Å². The Morgan fingerprint density at radius 2 is 2.33 bits per heavy atom. The third-order valence-corrected chi connectivity index (χ3v) is 3.74. The van der Waals surface area contributed by atoms with Crippen LogP contribution in [0.2, 0.25) is 0 Å². The van der Waals surface area contributed by atoms with Crippen molar-refractivity contribution in [3.63, 3.8) is 0 Å². The van der Waals surface area contributed by atoms with Crippen molar-refractivity contribution in [3.8, 4) is 6.07 Å². The van der Waals surface area contributed by atoms with Gasteiger partial charge in [-0.25, -0.2) is 4.98 Å². The molecule has 1 atom stereocenters. The molecule has 9 nitrogen and oxygen atoms in total. The first-order chi connectivity index (χ1) is 11.7. The van der Waals surface area contributed by atoms with E-state index in [1.165, 1.54) is 0 Å². The van der Waals surface area contributed by atoms with E-state index in [1.807, 2.05) is 19.1 Å². The smallest absolute Gasteiger partial charge is 0.214 e. The van der Waals surface area contributed by atoms with E-state index in [0.717, 1.165) is 31.1 Å². The predicted octanol–water partition coefficient (Wildman–Crippen LogP) is 0.534. The molecule has 1 unspecified atom stereocenters. The van der Waals surface area contributed by atoms with E-state index < -0.39 is 0 Å². The summed E-state index contributed by atoms with van der Waals surface area (Å²) in [6.45, 7) is 5.05. The highest BCUT2D eigenvalue weighted by Crippen LogP contribution is 2.19. The van der Waals surface area contributed by atoms with E-state index in [0.29, 0.717) is 24.0 Å². The van der Waals surface area contributed by atoms with Crippen LogP contribution in [-0.4, -0.2) is 52.1 Å². The summed E-state index contributed by atoms with van der Waals surface area (Å²) in [5.74, 6) is 1.45. The van der Waals surface area contributed by atoms with Gasteiger partial charge >= 0.3 is 0 Å². The number of nitrogens with one attached hydrogen (secondary N) is 3. The predicted molar refractivity (Wildman–Crippen MR) is 89.1 cm³/mol. The van der Waals surface area contributed by atoms with Crippen LogP contribution in [0.3, 0.4) is 0 Å². The first-order valence-electron chi connectivity index (χ1n) is 7.76. The van der Waals surface area contributed by atoms with Gasteiger partial charge in [-0.2, -0.15) is 10.4 Å². The largest absolute Gasteiger partial charge is 0.381 e. The van der Waals surface area contributed by atoms with Crippen LogP contribution in [0.5, 0.6) is 0 Å². The quantitative estimate of drug-likeness (QED) is 0.729. The fourth-order valence-corrected chi connectivity index (χ4v) is 2.43. The lowest BCUT2D eigenvalue weighted by molar-refractivity contribution is 0.0372. The number of rotatable bonds is 5. The summed E-state index contributed by atoms with van der Waals surface area (Å²) in [6, 6.07) is 3.90. The number of hydrogen-bond donors (Lipinski definition) is 3. The molecule has 0 saturated carbocycles. The lowest BCUT2D eigenvalue weighted by atomic mass is 10.2. The second-order valence-corrected chi connectivity index (χ2v) is 5.60. The molecule has 9 heteroatoms. The molecule has 126 valence electrons. The molecule has 0 aliphatic carbocycles. The second kappa shape index (κ2) is 7.25. The molecule has 24 heavy (non-hydrogen) atoms. The number of anilines is 3. The minimum atomic E-state index is 0.136. The Hall–Kier alpha value is -2.70. The number of aromatic nitrogens is 4. The minimum Gasteiger partial charge on any atom is -0.381 e. The van der Waals surface area contributed by atoms with E-state index >= 15 is 0 Å². The van der Waals surface area contributed by atoms with E-state index in [-0.39, 0.29) is 6.10 Å². The third-order valence-electron chi connectivity index (χ3n) is 3.74. The fraction of sp³-hybridized carbons (Fsp3) is 0.467. The number of nitrogens with zero attached hydrogens (tertiary/aromatic N) is 5. The van der Waals surface area contributed by atoms with Gasteiger partial charge in [0.1, 0.15) is 6.07 Å². The van der Waals surface area contributed by atoms with Crippen LogP contribution < -0.4 is 16.0 Å².